The van der Waals surface area contributed by atoms with E-state index in [4.69, 9.17) is 14.6 Å². The molecule has 3 nitrogen and oxygen atoms in total. The molecule has 1 saturated heterocycles. The molecule has 2 atom stereocenters. The zero-order valence-electron chi connectivity index (χ0n) is 11.0. The quantitative estimate of drug-likeness (QED) is 0.569. The van der Waals surface area contributed by atoms with Crippen molar-refractivity contribution in [3.05, 3.63) is 29.8 Å². The number of aliphatic hydroxyl groups excluding tert-OH is 1. The van der Waals surface area contributed by atoms with Crippen molar-refractivity contribution in [2.45, 2.75) is 44.3 Å². The second-order valence-corrected chi connectivity index (χ2v) is 4.82. The molecule has 0 radical (unpaired) electrons. The fourth-order valence-electron chi connectivity index (χ4n) is 2.25. The van der Waals surface area contributed by atoms with Crippen molar-refractivity contribution in [2.24, 2.45) is 0 Å². The molecule has 1 fully saturated rings. The second kappa shape index (κ2) is 6.76. The maximum Gasteiger partial charge on any atom is 0.118 e. The van der Waals surface area contributed by atoms with Gasteiger partial charge < -0.3 is 14.6 Å². The Morgan fingerprint density at radius 1 is 1.11 bits per heavy atom. The van der Waals surface area contributed by atoms with Crippen LogP contribution in [0.4, 0.5) is 0 Å². The fourth-order valence-corrected chi connectivity index (χ4v) is 2.25. The lowest BCUT2D eigenvalue weighted by Gasteiger charge is -2.02. The molecule has 3 heteroatoms. The van der Waals surface area contributed by atoms with E-state index in [0.717, 1.165) is 37.9 Å². The Hall–Kier alpha value is -1.06. The third-order valence-corrected chi connectivity index (χ3v) is 3.46. The summed E-state index contributed by atoms with van der Waals surface area (Å²) in [4.78, 5) is 0. The number of aryl methyl sites for hydroxylation is 1. The molecule has 0 spiro atoms. The Labute approximate surface area is 109 Å². The average molecular weight is 250 g/mol. The van der Waals surface area contributed by atoms with Crippen LogP contribution in [0.2, 0.25) is 0 Å². The standard InChI is InChI=1S/C15H22O3/c1-17-13-8-5-12(6-9-13)7-10-15-14(18-15)4-2-3-11-16/h5-6,8-9,14-16H,2-4,7,10-11H2,1H3/t14-,15-/m0/s1. The van der Waals surface area contributed by atoms with Gasteiger partial charge in [-0.2, -0.15) is 0 Å². The van der Waals surface area contributed by atoms with Gasteiger partial charge in [-0.25, -0.2) is 0 Å². The van der Waals surface area contributed by atoms with Crippen LogP contribution in [-0.2, 0) is 11.2 Å². The van der Waals surface area contributed by atoms with E-state index in [1.165, 1.54) is 5.56 Å². The Morgan fingerprint density at radius 3 is 2.50 bits per heavy atom. The number of benzene rings is 1. The van der Waals surface area contributed by atoms with Crippen molar-refractivity contribution in [3.8, 4) is 5.75 Å². The lowest BCUT2D eigenvalue weighted by Crippen LogP contribution is -1.97. The molecule has 1 N–H and O–H groups in total. The summed E-state index contributed by atoms with van der Waals surface area (Å²) in [6.45, 7) is 0.295. The van der Waals surface area contributed by atoms with E-state index in [1.807, 2.05) is 12.1 Å². The van der Waals surface area contributed by atoms with Gasteiger partial charge in [0.15, 0.2) is 0 Å². The van der Waals surface area contributed by atoms with Crippen LogP contribution >= 0.6 is 0 Å². The predicted octanol–water partition coefficient (Wildman–Crippen LogP) is 2.56. The molecule has 0 bridgehead atoms. The number of methoxy groups -OCH3 is 1. The van der Waals surface area contributed by atoms with E-state index in [-0.39, 0.29) is 0 Å². The van der Waals surface area contributed by atoms with Gasteiger partial charge in [-0.3, -0.25) is 0 Å². The normalized spacial score (nSPS) is 21.9. The minimum absolute atomic E-state index is 0.295. The molecule has 0 amide bonds. The molecular formula is C15H22O3. The first kappa shape index (κ1) is 13.4. The molecule has 0 unspecified atom stereocenters. The zero-order chi connectivity index (χ0) is 12.8. The van der Waals surface area contributed by atoms with Gasteiger partial charge in [-0.1, -0.05) is 12.1 Å². The summed E-state index contributed by atoms with van der Waals surface area (Å²) >= 11 is 0. The Morgan fingerprint density at radius 2 is 1.83 bits per heavy atom. The minimum Gasteiger partial charge on any atom is -0.497 e. The summed E-state index contributed by atoms with van der Waals surface area (Å²) < 4.78 is 10.8. The molecule has 1 heterocycles. The van der Waals surface area contributed by atoms with Gasteiger partial charge in [-0.05, 0) is 49.8 Å². The van der Waals surface area contributed by atoms with Crippen molar-refractivity contribution >= 4 is 0 Å². The first-order chi connectivity index (χ1) is 8.83. The summed E-state index contributed by atoms with van der Waals surface area (Å²) in [5, 5.41) is 8.71. The van der Waals surface area contributed by atoms with Crippen molar-refractivity contribution in [1.82, 2.24) is 0 Å². The highest BCUT2D eigenvalue weighted by molar-refractivity contribution is 5.27. The highest BCUT2D eigenvalue weighted by Crippen LogP contribution is 2.31. The molecule has 1 aromatic carbocycles. The smallest absolute Gasteiger partial charge is 0.118 e. The largest absolute Gasteiger partial charge is 0.497 e. The Balaban J connectivity index is 1.63. The van der Waals surface area contributed by atoms with E-state index < -0.39 is 0 Å². The van der Waals surface area contributed by atoms with Gasteiger partial charge in [0.05, 0.1) is 19.3 Å². The van der Waals surface area contributed by atoms with Crippen molar-refractivity contribution in [2.75, 3.05) is 13.7 Å². The van der Waals surface area contributed by atoms with Crippen molar-refractivity contribution < 1.29 is 14.6 Å². The summed E-state index contributed by atoms with van der Waals surface area (Å²) in [7, 11) is 1.68. The van der Waals surface area contributed by atoms with Crippen LogP contribution < -0.4 is 4.74 Å². The van der Waals surface area contributed by atoms with Gasteiger partial charge in [0, 0.05) is 6.61 Å². The molecule has 1 aromatic rings. The number of rotatable bonds is 8. The van der Waals surface area contributed by atoms with Crippen LogP contribution in [0, 0.1) is 0 Å². The third-order valence-electron chi connectivity index (χ3n) is 3.46. The van der Waals surface area contributed by atoms with Gasteiger partial charge >= 0.3 is 0 Å². The lowest BCUT2D eigenvalue weighted by molar-refractivity contribution is 0.278. The van der Waals surface area contributed by atoms with Crippen LogP contribution in [0.15, 0.2) is 24.3 Å². The lowest BCUT2D eigenvalue weighted by atomic mass is 10.0. The Bertz CT molecular complexity index is 347. The summed E-state index contributed by atoms with van der Waals surface area (Å²) in [6.07, 6.45) is 6.08. The average Bonchev–Trinajstić information content (AvgIpc) is 3.16. The van der Waals surface area contributed by atoms with E-state index >= 15 is 0 Å². The van der Waals surface area contributed by atoms with Crippen molar-refractivity contribution in [1.29, 1.82) is 0 Å². The molecule has 2 rings (SSSR count). The minimum atomic E-state index is 0.295. The maximum atomic E-state index is 8.71. The fraction of sp³-hybridized carbons (Fsp3) is 0.600. The summed E-state index contributed by atoms with van der Waals surface area (Å²) in [5.41, 5.74) is 1.33. The highest BCUT2D eigenvalue weighted by atomic mass is 16.6. The van der Waals surface area contributed by atoms with Gasteiger partial charge in [-0.15, -0.1) is 0 Å². The molecule has 0 aromatic heterocycles. The molecular weight excluding hydrogens is 228 g/mol. The summed E-state index contributed by atoms with van der Waals surface area (Å²) in [6, 6.07) is 8.23. The number of hydrogen-bond acceptors (Lipinski definition) is 3. The van der Waals surface area contributed by atoms with Crippen LogP contribution in [0.25, 0.3) is 0 Å². The predicted molar refractivity (Wildman–Crippen MR) is 70.9 cm³/mol. The van der Waals surface area contributed by atoms with Gasteiger partial charge in [0.2, 0.25) is 0 Å². The first-order valence-electron chi connectivity index (χ1n) is 6.72. The third kappa shape index (κ3) is 4.00. The SMILES string of the molecule is COc1ccc(CC[C@@H]2O[C@H]2CCCCO)cc1. The van der Waals surface area contributed by atoms with E-state index in [1.54, 1.807) is 7.11 Å². The molecule has 100 valence electrons. The van der Waals surface area contributed by atoms with Crippen LogP contribution in [0.3, 0.4) is 0 Å². The molecule has 0 saturated carbocycles. The van der Waals surface area contributed by atoms with E-state index in [9.17, 15) is 0 Å². The van der Waals surface area contributed by atoms with Crippen LogP contribution in [-0.4, -0.2) is 31.0 Å². The molecule has 0 aliphatic carbocycles. The first-order valence-corrected chi connectivity index (χ1v) is 6.72. The van der Waals surface area contributed by atoms with E-state index in [0.29, 0.717) is 18.8 Å². The topological polar surface area (TPSA) is 42.0 Å². The highest BCUT2D eigenvalue weighted by Gasteiger charge is 2.36. The molecule has 1 aliphatic rings. The van der Waals surface area contributed by atoms with Crippen molar-refractivity contribution in [3.63, 3.8) is 0 Å². The maximum absolute atomic E-state index is 8.71. The second-order valence-electron chi connectivity index (χ2n) is 4.82. The van der Waals surface area contributed by atoms with Gasteiger partial charge in [0.25, 0.3) is 0 Å². The number of ether oxygens (including phenoxy) is 2. The Kier molecular flexibility index (Phi) is 5.02. The molecule has 1 aliphatic heterocycles. The van der Waals surface area contributed by atoms with Crippen LogP contribution in [0.1, 0.15) is 31.2 Å². The van der Waals surface area contributed by atoms with Crippen LogP contribution in [0.5, 0.6) is 5.75 Å². The number of unbranched alkanes of at least 4 members (excludes halogenated alkanes) is 1. The summed E-state index contributed by atoms with van der Waals surface area (Å²) in [5.74, 6) is 0.906. The van der Waals surface area contributed by atoms with E-state index in [2.05, 4.69) is 12.1 Å². The number of hydrogen-bond donors (Lipinski definition) is 1. The monoisotopic (exact) mass is 250 g/mol. The molecule has 18 heavy (non-hydrogen) atoms. The number of aliphatic hydroxyl groups is 1. The number of epoxide rings is 1. The zero-order valence-corrected chi connectivity index (χ0v) is 11.0. The van der Waals surface area contributed by atoms with Gasteiger partial charge in [0.1, 0.15) is 5.75 Å².